The zero-order chi connectivity index (χ0) is 9.26. The van der Waals surface area contributed by atoms with Gasteiger partial charge in [-0.1, -0.05) is 0 Å². The van der Waals surface area contributed by atoms with Crippen LogP contribution in [0, 0.1) is 5.92 Å². The summed E-state index contributed by atoms with van der Waals surface area (Å²) in [4.78, 5) is 13.1. The van der Waals surface area contributed by atoms with Crippen molar-refractivity contribution in [3.63, 3.8) is 0 Å². The summed E-state index contributed by atoms with van der Waals surface area (Å²) in [5.41, 5.74) is 0. The summed E-state index contributed by atoms with van der Waals surface area (Å²) in [6.07, 6.45) is 2.09. The number of carbonyl (C=O) groups is 1. The van der Waals surface area contributed by atoms with Gasteiger partial charge in [0.2, 0.25) is 0 Å². The van der Waals surface area contributed by atoms with E-state index in [4.69, 9.17) is 5.11 Å². The molecule has 3 nitrogen and oxygen atoms in total. The Morgan fingerprint density at radius 2 is 2.31 bits per heavy atom. The van der Waals surface area contributed by atoms with E-state index in [9.17, 15) is 4.79 Å². The average molecular weight is 201 g/mol. The quantitative estimate of drug-likeness (QED) is 0.720. The number of carboxylic acids is 1. The fraction of sp³-hybridized carbons (Fsp3) is 0.889. The number of rotatable bonds is 2. The molecule has 0 radical (unpaired) electrons. The molecule has 2 aliphatic heterocycles. The number of thioether (sulfide) groups is 1. The van der Waals surface area contributed by atoms with Crippen LogP contribution in [-0.4, -0.2) is 46.6 Å². The molecule has 0 unspecified atom stereocenters. The maximum absolute atomic E-state index is 10.7. The molecule has 0 aromatic carbocycles. The molecule has 74 valence electrons. The van der Waals surface area contributed by atoms with Crippen molar-refractivity contribution in [1.82, 2.24) is 4.90 Å². The Hall–Kier alpha value is -0.220. The van der Waals surface area contributed by atoms with Crippen LogP contribution >= 0.6 is 11.8 Å². The third-order valence-corrected chi connectivity index (χ3v) is 4.14. The Morgan fingerprint density at radius 3 is 2.85 bits per heavy atom. The maximum atomic E-state index is 10.7. The van der Waals surface area contributed by atoms with Gasteiger partial charge in [0, 0.05) is 18.3 Å². The molecule has 2 saturated heterocycles. The fourth-order valence-electron chi connectivity index (χ4n) is 2.13. The van der Waals surface area contributed by atoms with E-state index in [2.05, 4.69) is 4.90 Å². The van der Waals surface area contributed by atoms with Crippen LogP contribution in [0.3, 0.4) is 0 Å². The highest BCUT2D eigenvalue weighted by Crippen LogP contribution is 2.27. The van der Waals surface area contributed by atoms with Gasteiger partial charge < -0.3 is 5.11 Å². The highest BCUT2D eigenvalue weighted by Gasteiger charge is 2.33. The standard InChI is InChI=1S/C9H15NO2S/c11-9(12)7-1-3-10(5-7)8-2-4-13-6-8/h7-8H,1-6H2,(H,11,12)/t7-,8-/m0/s1. The van der Waals surface area contributed by atoms with Gasteiger partial charge >= 0.3 is 5.97 Å². The van der Waals surface area contributed by atoms with Crippen molar-refractivity contribution in [2.24, 2.45) is 5.92 Å². The van der Waals surface area contributed by atoms with Crippen molar-refractivity contribution in [3.05, 3.63) is 0 Å². The summed E-state index contributed by atoms with van der Waals surface area (Å²) in [6, 6.07) is 0.661. The predicted molar refractivity (Wildman–Crippen MR) is 53.0 cm³/mol. The summed E-state index contributed by atoms with van der Waals surface area (Å²) in [5, 5.41) is 8.84. The van der Waals surface area contributed by atoms with Crippen molar-refractivity contribution >= 4 is 17.7 Å². The molecule has 2 heterocycles. The summed E-state index contributed by atoms with van der Waals surface area (Å²) >= 11 is 1.99. The summed E-state index contributed by atoms with van der Waals surface area (Å²) in [6.45, 7) is 1.77. The lowest BCUT2D eigenvalue weighted by atomic mass is 10.1. The summed E-state index contributed by atoms with van der Waals surface area (Å²) in [7, 11) is 0. The smallest absolute Gasteiger partial charge is 0.307 e. The molecule has 13 heavy (non-hydrogen) atoms. The minimum atomic E-state index is -0.617. The first-order valence-electron chi connectivity index (χ1n) is 4.82. The second-order valence-electron chi connectivity index (χ2n) is 3.84. The highest BCUT2D eigenvalue weighted by molar-refractivity contribution is 7.99. The first-order valence-corrected chi connectivity index (χ1v) is 5.97. The monoisotopic (exact) mass is 201 g/mol. The average Bonchev–Trinajstić information content (AvgIpc) is 2.75. The first kappa shape index (κ1) is 9.34. The van der Waals surface area contributed by atoms with Gasteiger partial charge in [0.25, 0.3) is 0 Å². The lowest BCUT2D eigenvalue weighted by Crippen LogP contribution is -2.33. The van der Waals surface area contributed by atoms with Gasteiger partial charge in [0.1, 0.15) is 0 Å². The molecular weight excluding hydrogens is 186 g/mol. The lowest BCUT2D eigenvalue weighted by Gasteiger charge is -2.22. The minimum Gasteiger partial charge on any atom is -0.481 e. The molecule has 2 aliphatic rings. The zero-order valence-corrected chi connectivity index (χ0v) is 8.42. The molecule has 0 saturated carbocycles. The topological polar surface area (TPSA) is 40.5 Å². The van der Waals surface area contributed by atoms with E-state index in [0.717, 1.165) is 19.5 Å². The molecule has 4 heteroatoms. The molecular formula is C9H15NO2S. The fourth-order valence-corrected chi connectivity index (χ4v) is 3.39. The van der Waals surface area contributed by atoms with Crippen molar-refractivity contribution in [2.45, 2.75) is 18.9 Å². The first-order chi connectivity index (χ1) is 6.27. The van der Waals surface area contributed by atoms with Gasteiger partial charge in [-0.25, -0.2) is 0 Å². The van der Waals surface area contributed by atoms with E-state index >= 15 is 0 Å². The van der Waals surface area contributed by atoms with Crippen LogP contribution in [0.15, 0.2) is 0 Å². The molecule has 1 N–H and O–H groups in total. The SMILES string of the molecule is O=C(O)[C@H]1CCN([C@H]2CCSC2)C1. The van der Waals surface area contributed by atoms with Crippen molar-refractivity contribution < 1.29 is 9.90 Å². The second kappa shape index (κ2) is 3.88. The molecule has 0 bridgehead atoms. The Balaban J connectivity index is 1.86. The molecule has 2 fully saturated rings. The van der Waals surface area contributed by atoms with Crippen LogP contribution < -0.4 is 0 Å². The Labute approximate surface area is 82.5 Å². The lowest BCUT2D eigenvalue weighted by molar-refractivity contribution is -0.141. The maximum Gasteiger partial charge on any atom is 0.307 e. The molecule has 2 rings (SSSR count). The second-order valence-corrected chi connectivity index (χ2v) is 4.99. The van der Waals surface area contributed by atoms with Crippen LogP contribution in [-0.2, 0) is 4.79 Å². The summed E-state index contributed by atoms with van der Waals surface area (Å²) < 4.78 is 0. The molecule has 0 aromatic rings. The van der Waals surface area contributed by atoms with Crippen LogP contribution in [0.25, 0.3) is 0 Å². The Morgan fingerprint density at radius 1 is 1.46 bits per heavy atom. The number of aliphatic carboxylic acids is 1. The minimum absolute atomic E-state index is 0.106. The van der Waals surface area contributed by atoms with E-state index in [-0.39, 0.29) is 5.92 Å². The van der Waals surface area contributed by atoms with Gasteiger partial charge in [-0.15, -0.1) is 0 Å². The number of hydrogen-bond acceptors (Lipinski definition) is 3. The van der Waals surface area contributed by atoms with E-state index < -0.39 is 5.97 Å². The zero-order valence-electron chi connectivity index (χ0n) is 7.61. The largest absolute Gasteiger partial charge is 0.481 e. The third-order valence-electron chi connectivity index (χ3n) is 2.99. The van der Waals surface area contributed by atoms with Gasteiger partial charge in [0.15, 0.2) is 0 Å². The van der Waals surface area contributed by atoms with Crippen LogP contribution in [0.4, 0.5) is 0 Å². The molecule has 0 spiro atoms. The number of nitrogens with zero attached hydrogens (tertiary/aromatic N) is 1. The molecule has 2 atom stereocenters. The third kappa shape index (κ3) is 1.99. The Bertz CT molecular complexity index is 204. The van der Waals surface area contributed by atoms with Gasteiger partial charge in [-0.05, 0) is 25.1 Å². The van der Waals surface area contributed by atoms with Crippen LogP contribution in [0.1, 0.15) is 12.8 Å². The van der Waals surface area contributed by atoms with Gasteiger partial charge in [0.05, 0.1) is 5.92 Å². The number of carboxylic acid groups (broad SMARTS) is 1. The summed E-state index contributed by atoms with van der Waals surface area (Å²) in [5.74, 6) is 1.73. The van der Waals surface area contributed by atoms with Crippen molar-refractivity contribution in [3.8, 4) is 0 Å². The van der Waals surface area contributed by atoms with Gasteiger partial charge in [-0.3, -0.25) is 9.69 Å². The van der Waals surface area contributed by atoms with Crippen LogP contribution in [0.5, 0.6) is 0 Å². The van der Waals surface area contributed by atoms with Crippen molar-refractivity contribution in [2.75, 3.05) is 24.6 Å². The Kier molecular flexibility index (Phi) is 2.79. The van der Waals surface area contributed by atoms with E-state index in [1.54, 1.807) is 0 Å². The molecule has 0 aromatic heterocycles. The van der Waals surface area contributed by atoms with Gasteiger partial charge in [-0.2, -0.15) is 11.8 Å². The normalized spacial score (nSPS) is 35.4. The molecule has 0 aliphatic carbocycles. The molecule has 0 amide bonds. The van der Waals surface area contributed by atoms with E-state index in [1.165, 1.54) is 17.9 Å². The van der Waals surface area contributed by atoms with Crippen molar-refractivity contribution in [1.29, 1.82) is 0 Å². The van der Waals surface area contributed by atoms with E-state index in [0.29, 0.717) is 6.04 Å². The van der Waals surface area contributed by atoms with Crippen LogP contribution in [0.2, 0.25) is 0 Å². The number of hydrogen-bond donors (Lipinski definition) is 1. The highest BCUT2D eigenvalue weighted by atomic mass is 32.2. The van der Waals surface area contributed by atoms with E-state index in [1.807, 2.05) is 11.8 Å². The number of likely N-dealkylation sites (tertiary alicyclic amines) is 1. The predicted octanol–water partition coefficient (Wildman–Crippen LogP) is 0.898.